The summed E-state index contributed by atoms with van der Waals surface area (Å²) < 4.78 is 0. The number of rotatable bonds is 4. The van der Waals surface area contributed by atoms with Crippen molar-refractivity contribution in [1.82, 2.24) is 0 Å². The maximum Gasteiger partial charge on any atom is 0.0266 e. The van der Waals surface area contributed by atoms with Crippen LogP contribution in [0.1, 0.15) is 41.6 Å². The van der Waals surface area contributed by atoms with Crippen LogP contribution in [0.2, 0.25) is 0 Å². The molecule has 2 aromatic carbocycles. The smallest absolute Gasteiger partial charge is 0.0266 e. The molecule has 1 atom stereocenters. The highest BCUT2D eigenvalue weighted by Gasteiger charge is 2.10. The number of nitrogens with two attached hydrogens (primary N) is 1. The van der Waals surface area contributed by atoms with Crippen LogP contribution in [0.25, 0.3) is 0 Å². The Morgan fingerprint density at radius 2 is 1.95 bits per heavy atom. The Hall–Kier alpha value is -1.25. The Balaban J connectivity index is 1.69. The highest BCUT2D eigenvalue weighted by atomic mass is 32.2. The Morgan fingerprint density at radius 1 is 1.10 bits per heavy atom. The lowest BCUT2D eigenvalue weighted by atomic mass is 10.1. The van der Waals surface area contributed by atoms with Crippen molar-refractivity contribution in [1.29, 1.82) is 0 Å². The SMILES string of the molecule is CC(N)c1cccc(SCc2ccc3c(c2)CCC3)c1. The van der Waals surface area contributed by atoms with Gasteiger partial charge in [-0.2, -0.15) is 0 Å². The molecule has 3 rings (SSSR count). The van der Waals surface area contributed by atoms with E-state index >= 15 is 0 Å². The molecule has 0 spiro atoms. The Bertz CT molecular complexity index is 604. The van der Waals surface area contributed by atoms with Crippen molar-refractivity contribution in [3.63, 3.8) is 0 Å². The summed E-state index contributed by atoms with van der Waals surface area (Å²) in [7, 11) is 0. The van der Waals surface area contributed by atoms with Gasteiger partial charge < -0.3 is 5.73 Å². The van der Waals surface area contributed by atoms with Crippen LogP contribution >= 0.6 is 11.8 Å². The Kier molecular flexibility index (Phi) is 4.13. The zero-order chi connectivity index (χ0) is 13.9. The second-order valence-corrected chi connectivity index (χ2v) is 6.66. The molecule has 2 heteroatoms. The minimum atomic E-state index is 0.107. The molecule has 1 aliphatic carbocycles. The van der Waals surface area contributed by atoms with E-state index in [-0.39, 0.29) is 6.04 Å². The molecule has 0 amide bonds. The highest BCUT2D eigenvalue weighted by Crippen LogP contribution is 2.28. The van der Waals surface area contributed by atoms with Gasteiger partial charge in [-0.15, -0.1) is 11.8 Å². The average Bonchev–Trinajstić information content (AvgIpc) is 2.93. The molecule has 2 aromatic rings. The third-order valence-corrected chi connectivity index (χ3v) is 5.02. The maximum absolute atomic E-state index is 5.94. The van der Waals surface area contributed by atoms with E-state index in [0.717, 1.165) is 5.75 Å². The van der Waals surface area contributed by atoms with Crippen LogP contribution in [0.5, 0.6) is 0 Å². The number of benzene rings is 2. The minimum Gasteiger partial charge on any atom is -0.324 e. The van der Waals surface area contributed by atoms with Gasteiger partial charge in [0.1, 0.15) is 0 Å². The van der Waals surface area contributed by atoms with Crippen LogP contribution in [0.3, 0.4) is 0 Å². The lowest BCUT2D eigenvalue weighted by Crippen LogP contribution is -2.04. The average molecular weight is 283 g/mol. The summed E-state index contributed by atoms with van der Waals surface area (Å²) in [6.07, 6.45) is 3.84. The van der Waals surface area contributed by atoms with Gasteiger partial charge in [0, 0.05) is 16.7 Å². The normalized spacial score (nSPS) is 15.1. The molecule has 1 unspecified atom stereocenters. The highest BCUT2D eigenvalue weighted by molar-refractivity contribution is 7.98. The van der Waals surface area contributed by atoms with Gasteiger partial charge in [0.2, 0.25) is 0 Å². The Labute approximate surface area is 125 Å². The fourth-order valence-electron chi connectivity index (χ4n) is 2.77. The molecule has 0 fully saturated rings. The van der Waals surface area contributed by atoms with Crippen LogP contribution in [0, 0.1) is 0 Å². The van der Waals surface area contributed by atoms with Gasteiger partial charge in [0.15, 0.2) is 0 Å². The zero-order valence-electron chi connectivity index (χ0n) is 11.9. The van der Waals surface area contributed by atoms with Crippen LogP contribution in [-0.4, -0.2) is 0 Å². The maximum atomic E-state index is 5.94. The van der Waals surface area contributed by atoms with Crippen molar-refractivity contribution in [3.8, 4) is 0 Å². The van der Waals surface area contributed by atoms with Crippen molar-refractivity contribution in [2.24, 2.45) is 5.73 Å². The quantitative estimate of drug-likeness (QED) is 0.837. The van der Waals surface area contributed by atoms with Gasteiger partial charge in [-0.25, -0.2) is 0 Å². The van der Waals surface area contributed by atoms with E-state index in [1.807, 2.05) is 18.7 Å². The van der Waals surface area contributed by atoms with E-state index in [1.54, 1.807) is 11.1 Å². The molecule has 20 heavy (non-hydrogen) atoms. The minimum absolute atomic E-state index is 0.107. The summed E-state index contributed by atoms with van der Waals surface area (Å²) in [5, 5.41) is 0. The molecule has 0 aromatic heterocycles. The number of fused-ring (bicyclic) bond motifs is 1. The lowest BCUT2D eigenvalue weighted by Gasteiger charge is -2.09. The molecular formula is C18H21NS. The first-order valence-electron chi connectivity index (χ1n) is 7.31. The lowest BCUT2D eigenvalue weighted by molar-refractivity contribution is 0.815. The summed E-state index contributed by atoms with van der Waals surface area (Å²) in [6.45, 7) is 2.03. The van der Waals surface area contributed by atoms with Crippen LogP contribution in [0.4, 0.5) is 0 Å². The number of hydrogen-bond donors (Lipinski definition) is 1. The predicted octanol–water partition coefficient (Wildman–Crippen LogP) is 4.49. The van der Waals surface area contributed by atoms with Crippen LogP contribution < -0.4 is 5.73 Å². The number of hydrogen-bond acceptors (Lipinski definition) is 2. The molecule has 2 N–H and O–H groups in total. The summed E-state index contributed by atoms with van der Waals surface area (Å²) >= 11 is 1.89. The molecule has 0 saturated carbocycles. The predicted molar refractivity (Wildman–Crippen MR) is 87.1 cm³/mol. The first-order valence-corrected chi connectivity index (χ1v) is 8.30. The summed E-state index contributed by atoms with van der Waals surface area (Å²) in [4.78, 5) is 1.31. The van der Waals surface area contributed by atoms with Crippen LogP contribution in [-0.2, 0) is 18.6 Å². The first kappa shape index (κ1) is 13.7. The second-order valence-electron chi connectivity index (χ2n) is 5.61. The largest absolute Gasteiger partial charge is 0.324 e. The number of aryl methyl sites for hydroxylation is 2. The van der Waals surface area contributed by atoms with E-state index in [4.69, 9.17) is 5.73 Å². The number of thioether (sulfide) groups is 1. The van der Waals surface area contributed by atoms with E-state index in [9.17, 15) is 0 Å². The third-order valence-electron chi connectivity index (χ3n) is 3.95. The Morgan fingerprint density at radius 3 is 2.80 bits per heavy atom. The van der Waals surface area contributed by atoms with Gasteiger partial charge in [0.05, 0.1) is 0 Å². The van der Waals surface area contributed by atoms with E-state index < -0.39 is 0 Å². The molecule has 0 bridgehead atoms. The topological polar surface area (TPSA) is 26.0 Å². The van der Waals surface area contributed by atoms with Gasteiger partial charge in [0.25, 0.3) is 0 Å². The molecule has 0 saturated heterocycles. The van der Waals surface area contributed by atoms with Crippen LogP contribution in [0.15, 0.2) is 47.4 Å². The van der Waals surface area contributed by atoms with Crippen molar-refractivity contribution >= 4 is 11.8 Å². The summed E-state index contributed by atoms with van der Waals surface area (Å²) in [5.41, 5.74) is 11.7. The summed E-state index contributed by atoms with van der Waals surface area (Å²) in [5.74, 6) is 1.04. The molecule has 1 nitrogen and oxygen atoms in total. The van der Waals surface area contributed by atoms with Gasteiger partial charge in [-0.1, -0.05) is 30.3 Å². The van der Waals surface area contributed by atoms with E-state index in [0.29, 0.717) is 0 Å². The molecule has 0 radical (unpaired) electrons. The molecule has 0 heterocycles. The van der Waals surface area contributed by atoms with Crippen molar-refractivity contribution < 1.29 is 0 Å². The third kappa shape index (κ3) is 3.08. The van der Waals surface area contributed by atoms with Crippen molar-refractivity contribution in [3.05, 3.63) is 64.7 Å². The van der Waals surface area contributed by atoms with Gasteiger partial charge in [-0.3, -0.25) is 0 Å². The van der Waals surface area contributed by atoms with Crippen molar-refractivity contribution in [2.45, 2.75) is 42.9 Å². The summed E-state index contributed by atoms with van der Waals surface area (Å²) in [6, 6.07) is 15.7. The molecular weight excluding hydrogens is 262 g/mol. The molecule has 0 aliphatic heterocycles. The molecule has 1 aliphatic rings. The van der Waals surface area contributed by atoms with Gasteiger partial charge >= 0.3 is 0 Å². The fourth-order valence-corrected chi connectivity index (χ4v) is 3.68. The van der Waals surface area contributed by atoms with Gasteiger partial charge in [-0.05, 0) is 60.6 Å². The first-order chi connectivity index (χ1) is 9.72. The monoisotopic (exact) mass is 283 g/mol. The zero-order valence-corrected chi connectivity index (χ0v) is 12.7. The second kappa shape index (κ2) is 6.02. The standard InChI is InChI=1S/C18H21NS/c1-13(19)16-5-3-7-18(11-16)20-12-14-8-9-15-4-2-6-17(15)10-14/h3,5,7-11,13H,2,4,6,12,19H2,1H3. The fraction of sp³-hybridized carbons (Fsp3) is 0.333. The molecule has 104 valence electrons. The van der Waals surface area contributed by atoms with E-state index in [2.05, 4.69) is 42.5 Å². The van der Waals surface area contributed by atoms with Crippen molar-refractivity contribution in [2.75, 3.05) is 0 Å². The van der Waals surface area contributed by atoms with E-state index in [1.165, 1.54) is 35.3 Å².